The summed E-state index contributed by atoms with van der Waals surface area (Å²) in [5.74, 6) is -2.94. The molecule has 2 fully saturated rings. The number of hydrogen-bond donors (Lipinski definition) is 1. The number of likely N-dealkylation sites (tertiary alicyclic amines) is 1. The molecule has 4 heteroatoms. The predicted octanol–water partition coefficient (Wildman–Crippen LogP) is 2.50. The molecule has 0 amide bonds. The molecule has 2 aliphatic rings. The number of alkyl halides is 2. The molecule has 0 aromatic carbocycles. The van der Waals surface area contributed by atoms with Gasteiger partial charge in [-0.25, -0.2) is 8.78 Å². The topological polar surface area (TPSA) is 15.3 Å². The van der Waals surface area contributed by atoms with Crippen molar-refractivity contribution in [2.45, 2.75) is 50.5 Å². The van der Waals surface area contributed by atoms with Gasteiger partial charge in [-0.2, -0.15) is 0 Å². The van der Waals surface area contributed by atoms with Crippen molar-refractivity contribution in [3.05, 3.63) is 0 Å². The fourth-order valence-corrected chi connectivity index (χ4v) is 3.10. The van der Waals surface area contributed by atoms with Crippen molar-refractivity contribution >= 4 is 0 Å². The normalized spacial score (nSPS) is 32.6. The molecule has 2 heterocycles. The minimum Gasteiger partial charge on any atom is -0.314 e. The molecule has 1 N–H and O–H groups in total. The minimum atomic E-state index is -2.50. The Labute approximate surface area is 103 Å². The van der Waals surface area contributed by atoms with E-state index in [-0.39, 0.29) is 12.5 Å². The lowest BCUT2D eigenvalue weighted by atomic mass is 9.86. The minimum absolute atomic E-state index is 0.0332. The molecule has 0 radical (unpaired) electrons. The summed E-state index contributed by atoms with van der Waals surface area (Å²) >= 11 is 0. The van der Waals surface area contributed by atoms with Crippen LogP contribution in [0.1, 0.15) is 38.5 Å². The zero-order chi connectivity index (χ0) is 12.3. The quantitative estimate of drug-likeness (QED) is 0.823. The van der Waals surface area contributed by atoms with Gasteiger partial charge in [-0.1, -0.05) is 6.42 Å². The highest BCUT2D eigenvalue weighted by molar-refractivity contribution is 4.87. The predicted molar refractivity (Wildman–Crippen MR) is 65.4 cm³/mol. The first-order chi connectivity index (χ1) is 8.08. The van der Waals surface area contributed by atoms with Gasteiger partial charge < -0.3 is 10.2 Å². The third-order valence-corrected chi connectivity index (χ3v) is 4.15. The van der Waals surface area contributed by atoms with Crippen LogP contribution in [0, 0.1) is 5.92 Å². The number of rotatable bonds is 3. The Balaban J connectivity index is 1.87. The summed E-state index contributed by atoms with van der Waals surface area (Å²) in [6.45, 7) is 2.43. The Bertz CT molecular complexity index is 240. The second kappa shape index (κ2) is 5.61. The highest BCUT2D eigenvalue weighted by atomic mass is 19.3. The van der Waals surface area contributed by atoms with Crippen LogP contribution in [-0.4, -0.2) is 43.5 Å². The second-order valence-corrected chi connectivity index (χ2v) is 5.71. The Morgan fingerprint density at radius 1 is 1.24 bits per heavy atom. The molecule has 0 aliphatic carbocycles. The smallest absolute Gasteiger partial charge is 0.253 e. The number of hydrogen-bond acceptors (Lipinski definition) is 2. The maximum absolute atomic E-state index is 14.2. The van der Waals surface area contributed by atoms with Crippen molar-refractivity contribution in [1.82, 2.24) is 10.2 Å². The van der Waals surface area contributed by atoms with E-state index in [0.717, 1.165) is 38.8 Å². The van der Waals surface area contributed by atoms with Gasteiger partial charge in [0.25, 0.3) is 5.92 Å². The van der Waals surface area contributed by atoms with Gasteiger partial charge >= 0.3 is 0 Å². The maximum Gasteiger partial charge on any atom is 0.253 e. The van der Waals surface area contributed by atoms with Crippen LogP contribution in [0.3, 0.4) is 0 Å². The van der Waals surface area contributed by atoms with Gasteiger partial charge in [0, 0.05) is 24.9 Å². The van der Waals surface area contributed by atoms with Crippen molar-refractivity contribution in [2.24, 2.45) is 5.92 Å². The SMILES string of the molecule is CN1CCCC(C(F)(F)CC2CCCCN2)C1. The van der Waals surface area contributed by atoms with E-state index < -0.39 is 11.8 Å². The van der Waals surface area contributed by atoms with Crippen LogP contribution >= 0.6 is 0 Å². The molecule has 0 aromatic rings. The third kappa shape index (κ3) is 3.62. The standard InChI is InChI=1S/C13H24F2N2/c1-17-8-4-5-11(10-17)13(14,15)9-12-6-2-3-7-16-12/h11-12,16H,2-10H2,1H3. The van der Waals surface area contributed by atoms with E-state index in [1.165, 1.54) is 0 Å². The summed E-state index contributed by atoms with van der Waals surface area (Å²) < 4.78 is 28.4. The molecular formula is C13H24F2N2. The van der Waals surface area contributed by atoms with E-state index in [2.05, 4.69) is 5.32 Å². The molecule has 2 unspecified atom stereocenters. The lowest BCUT2D eigenvalue weighted by molar-refractivity contribution is -0.0929. The van der Waals surface area contributed by atoms with Gasteiger partial charge in [0.2, 0.25) is 0 Å². The number of halogens is 2. The largest absolute Gasteiger partial charge is 0.314 e. The highest BCUT2D eigenvalue weighted by Gasteiger charge is 2.42. The van der Waals surface area contributed by atoms with E-state index in [9.17, 15) is 8.78 Å². The maximum atomic E-state index is 14.2. The summed E-state index contributed by atoms with van der Waals surface area (Å²) in [4.78, 5) is 2.04. The van der Waals surface area contributed by atoms with E-state index in [1.54, 1.807) is 0 Å². The van der Waals surface area contributed by atoms with Gasteiger partial charge in [-0.3, -0.25) is 0 Å². The van der Waals surface area contributed by atoms with Gasteiger partial charge in [0.15, 0.2) is 0 Å². The summed E-state index contributed by atoms with van der Waals surface area (Å²) in [7, 11) is 1.95. The zero-order valence-electron chi connectivity index (χ0n) is 10.7. The van der Waals surface area contributed by atoms with Crippen molar-refractivity contribution < 1.29 is 8.78 Å². The monoisotopic (exact) mass is 246 g/mol. The van der Waals surface area contributed by atoms with E-state index in [0.29, 0.717) is 13.0 Å². The van der Waals surface area contributed by atoms with Gasteiger partial charge in [0.05, 0.1) is 0 Å². The van der Waals surface area contributed by atoms with E-state index in [4.69, 9.17) is 0 Å². The Morgan fingerprint density at radius 3 is 2.71 bits per heavy atom. The Morgan fingerprint density at radius 2 is 2.06 bits per heavy atom. The van der Waals surface area contributed by atoms with Crippen molar-refractivity contribution in [2.75, 3.05) is 26.7 Å². The van der Waals surface area contributed by atoms with Crippen LogP contribution in [0.4, 0.5) is 8.78 Å². The fraction of sp³-hybridized carbons (Fsp3) is 1.00. The molecule has 2 atom stereocenters. The average Bonchev–Trinajstić information content (AvgIpc) is 2.30. The number of nitrogens with zero attached hydrogens (tertiary/aromatic N) is 1. The molecule has 2 aliphatic heterocycles. The van der Waals surface area contributed by atoms with Crippen molar-refractivity contribution in [1.29, 1.82) is 0 Å². The lowest BCUT2D eigenvalue weighted by Crippen LogP contribution is -2.46. The molecule has 0 spiro atoms. The van der Waals surface area contributed by atoms with Crippen LogP contribution in [0.15, 0.2) is 0 Å². The van der Waals surface area contributed by atoms with Crippen molar-refractivity contribution in [3.8, 4) is 0 Å². The first-order valence-corrected chi connectivity index (χ1v) is 6.88. The second-order valence-electron chi connectivity index (χ2n) is 5.71. The first-order valence-electron chi connectivity index (χ1n) is 6.88. The molecule has 2 rings (SSSR count). The van der Waals surface area contributed by atoms with E-state index in [1.807, 2.05) is 11.9 Å². The summed E-state index contributed by atoms with van der Waals surface area (Å²) in [6, 6.07) is 0.0333. The molecule has 2 nitrogen and oxygen atoms in total. The van der Waals surface area contributed by atoms with Gasteiger partial charge in [-0.15, -0.1) is 0 Å². The van der Waals surface area contributed by atoms with Crippen LogP contribution < -0.4 is 5.32 Å². The molecular weight excluding hydrogens is 222 g/mol. The number of piperidine rings is 2. The van der Waals surface area contributed by atoms with Crippen LogP contribution in [0.25, 0.3) is 0 Å². The molecule has 2 saturated heterocycles. The Kier molecular flexibility index (Phi) is 4.36. The molecule has 17 heavy (non-hydrogen) atoms. The first kappa shape index (κ1) is 13.2. The van der Waals surface area contributed by atoms with Crippen LogP contribution in [0.2, 0.25) is 0 Å². The zero-order valence-corrected chi connectivity index (χ0v) is 10.7. The Hall–Kier alpha value is -0.220. The fourth-order valence-electron chi connectivity index (χ4n) is 3.10. The number of nitrogens with one attached hydrogen (secondary N) is 1. The third-order valence-electron chi connectivity index (χ3n) is 4.15. The highest BCUT2D eigenvalue weighted by Crippen LogP contribution is 2.36. The van der Waals surface area contributed by atoms with Gasteiger partial charge in [-0.05, 0) is 45.8 Å². The van der Waals surface area contributed by atoms with Crippen molar-refractivity contribution in [3.63, 3.8) is 0 Å². The lowest BCUT2D eigenvalue weighted by Gasteiger charge is -2.37. The van der Waals surface area contributed by atoms with E-state index >= 15 is 0 Å². The van der Waals surface area contributed by atoms with Gasteiger partial charge in [0.1, 0.15) is 0 Å². The summed E-state index contributed by atoms with van der Waals surface area (Å²) in [5.41, 5.74) is 0. The summed E-state index contributed by atoms with van der Waals surface area (Å²) in [6.07, 6.45) is 4.77. The van der Waals surface area contributed by atoms with Crippen LogP contribution in [-0.2, 0) is 0 Å². The summed E-state index contributed by atoms with van der Waals surface area (Å²) in [5, 5.41) is 3.23. The molecule has 100 valence electrons. The van der Waals surface area contributed by atoms with Crippen LogP contribution in [0.5, 0.6) is 0 Å². The molecule has 0 bridgehead atoms. The average molecular weight is 246 g/mol. The molecule has 0 saturated carbocycles. The molecule has 0 aromatic heterocycles.